The molecule has 3 aromatic rings. The second-order valence-electron chi connectivity index (χ2n) is 6.16. The molecular formula is C21H23NO5. The first-order valence-electron chi connectivity index (χ1n) is 8.98. The largest absolute Gasteiger partial charge is 0.507 e. The molecule has 0 saturated carbocycles. The lowest BCUT2D eigenvalue weighted by atomic mass is 10.1. The highest BCUT2D eigenvalue weighted by atomic mass is 16.5. The number of hydrogen-bond acceptors (Lipinski definition) is 6. The number of hydrogen-bond donors (Lipinski definition) is 2. The first kappa shape index (κ1) is 18.8. The molecule has 0 atom stereocenters. The molecule has 6 heteroatoms. The molecule has 2 aromatic carbocycles. The van der Waals surface area contributed by atoms with Gasteiger partial charge in [-0.25, -0.2) is 0 Å². The molecule has 0 amide bonds. The summed E-state index contributed by atoms with van der Waals surface area (Å²) in [6.07, 6.45) is 0. The highest BCUT2D eigenvalue weighted by molar-refractivity contribution is 5.91. The second kappa shape index (κ2) is 8.14. The molecule has 3 rings (SSSR count). The van der Waals surface area contributed by atoms with Crippen LogP contribution in [0.4, 0.5) is 0 Å². The van der Waals surface area contributed by atoms with Crippen LogP contribution in [0.3, 0.4) is 0 Å². The third kappa shape index (κ3) is 3.90. The van der Waals surface area contributed by atoms with E-state index in [4.69, 9.17) is 9.15 Å². The number of ether oxygens (including phenoxy) is 1. The van der Waals surface area contributed by atoms with Crippen LogP contribution in [-0.2, 0) is 0 Å². The zero-order valence-electron chi connectivity index (χ0n) is 15.4. The first-order chi connectivity index (χ1) is 13.0. The van der Waals surface area contributed by atoms with Crippen molar-refractivity contribution in [2.24, 2.45) is 0 Å². The highest BCUT2D eigenvalue weighted by Crippen LogP contribution is 2.40. The maximum absolute atomic E-state index is 12.6. The lowest BCUT2D eigenvalue weighted by molar-refractivity contribution is 0.218. The van der Waals surface area contributed by atoms with Gasteiger partial charge in [-0.2, -0.15) is 0 Å². The van der Waals surface area contributed by atoms with E-state index in [1.54, 1.807) is 0 Å². The number of likely N-dealkylation sites (N-methyl/N-ethyl adjacent to an activating group) is 1. The molecule has 0 saturated heterocycles. The summed E-state index contributed by atoms with van der Waals surface area (Å²) < 4.78 is 11.6. The van der Waals surface area contributed by atoms with E-state index in [1.165, 1.54) is 6.07 Å². The summed E-state index contributed by atoms with van der Waals surface area (Å²) in [4.78, 5) is 14.7. The van der Waals surface area contributed by atoms with Gasteiger partial charge in [0.25, 0.3) is 0 Å². The summed E-state index contributed by atoms with van der Waals surface area (Å²) in [7, 11) is 0. The predicted octanol–water partition coefficient (Wildman–Crippen LogP) is 3.59. The van der Waals surface area contributed by atoms with Crippen LogP contribution >= 0.6 is 0 Å². The second-order valence-corrected chi connectivity index (χ2v) is 6.16. The van der Waals surface area contributed by atoms with E-state index in [9.17, 15) is 15.0 Å². The lowest BCUT2D eigenvalue weighted by Crippen LogP contribution is -2.27. The lowest BCUT2D eigenvalue weighted by Gasteiger charge is -2.18. The van der Waals surface area contributed by atoms with Gasteiger partial charge < -0.3 is 24.3 Å². The van der Waals surface area contributed by atoms with E-state index in [1.807, 2.05) is 30.3 Å². The van der Waals surface area contributed by atoms with Crippen molar-refractivity contribution in [1.82, 2.24) is 4.90 Å². The standard InChI is InChI=1S/C21H23NO5/c1-3-22(4-2)10-11-26-20-17(25)12-15(23)19-16(24)13-18(27-21(19)20)14-8-6-5-7-9-14/h5-9,12-13,23,25H,3-4,10-11H2,1-2H3. The Bertz CT molecular complexity index is 977. The van der Waals surface area contributed by atoms with Gasteiger partial charge >= 0.3 is 0 Å². The molecule has 1 heterocycles. The van der Waals surface area contributed by atoms with Gasteiger partial charge in [0.15, 0.2) is 16.8 Å². The van der Waals surface area contributed by atoms with Gasteiger partial charge in [0, 0.05) is 24.2 Å². The zero-order chi connectivity index (χ0) is 19.4. The van der Waals surface area contributed by atoms with Gasteiger partial charge in [-0.15, -0.1) is 0 Å². The maximum Gasteiger partial charge on any atom is 0.205 e. The molecule has 0 aliphatic heterocycles. The first-order valence-corrected chi connectivity index (χ1v) is 8.98. The monoisotopic (exact) mass is 369 g/mol. The van der Waals surface area contributed by atoms with Crippen LogP contribution in [0.2, 0.25) is 0 Å². The van der Waals surface area contributed by atoms with Crippen molar-refractivity contribution in [2.75, 3.05) is 26.2 Å². The van der Waals surface area contributed by atoms with Gasteiger partial charge in [-0.05, 0) is 13.1 Å². The summed E-state index contributed by atoms with van der Waals surface area (Å²) in [5.41, 5.74) is 0.355. The molecule has 1 aromatic heterocycles. The highest BCUT2D eigenvalue weighted by Gasteiger charge is 2.19. The minimum Gasteiger partial charge on any atom is -0.507 e. The van der Waals surface area contributed by atoms with E-state index < -0.39 is 5.43 Å². The SMILES string of the molecule is CCN(CC)CCOc1c(O)cc(O)c2c(=O)cc(-c3ccccc3)oc12. The van der Waals surface area contributed by atoms with Gasteiger partial charge in [-0.1, -0.05) is 44.2 Å². The molecule has 0 aliphatic carbocycles. The Kier molecular flexibility index (Phi) is 5.66. The fraction of sp³-hybridized carbons (Fsp3) is 0.286. The molecule has 2 N–H and O–H groups in total. The Balaban J connectivity index is 2.06. The smallest absolute Gasteiger partial charge is 0.205 e. The minimum absolute atomic E-state index is 0.00896. The van der Waals surface area contributed by atoms with Crippen molar-refractivity contribution in [3.05, 3.63) is 52.7 Å². The number of phenols is 2. The minimum atomic E-state index is -0.402. The Morgan fingerprint density at radius 2 is 1.74 bits per heavy atom. The van der Waals surface area contributed by atoms with Crippen LogP contribution in [0.25, 0.3) is 22.3 Å². The van der Waals surface area contributed by atoms with Gasteiger partial charge in [0.05, 0.1) is 0 Å². The molecule has 0 aliphatic rings. The van der Waals surface area contributed by atoms with Crippen molar-refractivity contribution in [1.29, 1.82) is 0 Å². The molecule has 6 nitrogen and oxygen atoms in total. The third-order valence-corrected chi connectivity index (χ3v) is 4.52. The van der Waals surface area contributed by atoms with Crippen molar-refractivity contribution in [3.8, 4) is 28.6 Å². The molecule has 0 spiro atoms. The average molecular weight is 369 g/mol. The number of fused-ring (bicyclic) bond motifs is 1. The van der Waals surface area contributed by atoms with Gasteiger partial charge in [0.2, 0.25) is 5.75 Å². The Morgan fingerprint density at radius 3 is 2.41 bits per heavy atom. The molecule has 0 unspecified atom stereocenters. The predicted molar refractivity (Wildman–Crippen MR) is 105 cm³/mol. The van der Waals surface area contributed by atoms with Gasteiger partial charge in [-0.3, -0.25) is 4.79 Å². The number of benzene rings is 2. The van der Waals surface area contributed by atoms with Crippen LogP contribution in [0.1, 0.15) is 13.8 Å². The van der Waals surface area contributed by atoms with Crippen LogP contribution in [0.15, 0.2) is 51.7 Å². The summed E-state index contributed by atoms with van der Waals surface area (Å²) in [6.45, 7) is 6.86. The average Bonchev–Trinajstić information content (AvgIpc) is 2.67. The summed E-state index contributed by atoms with van der Waals surface area (Å²) in [5, 5.41) is 20.4. The summed E-state index contributed by atoms with van der Waals surface area (Å²) >= 11 is 0. The summed E-state index contributed by atoms with van der Waals surface area (Å²) in [5.74, 6) is -0.212. The molecule has 0 fully saturated rings. The number of aromatic hydroxyl groups is 2. The van der Waals surface area contributed by atoms with Crippen LogP contribution < -0.4 is 10.2 Å². The quantitative estimate of drug-likeness (QED) is 0.662. The van der Waals surface area contributed by atoms with Crippen molar-refractivity contribution >= 4 is 11.0 Å². The van der Waals surface area contributed by atoms with Crippen LogP contribution in [-0.4, -0.2) is 41.4 Å². The number of rotatable bonds is 7. The van der Waals surface area contributed by atoms with E-state index >= 15 is 0 Å². The normalized spacial score (nSPS) is 11.2. The van der Waals surface area contributed by atoms with Crippen molar-refractivity contribution in [2.45, 2.75) is 13.8 Å². The van der Waals surface area contributed by atoms with Crippen molar-refractivity contribution in [3.63, 3.8) is 0 Å². The van der Waals surface area contributed by atoms with Gasteiger partial charge in [0.1, 0.15) is 23.5 Å². The third-order valence-electron chi connectivity index (χ3n) is 4.52. The zero-order valence-corrected chi connectivity index (χ0v) is 15.4. The Morgan fingerprint density at radius 1 is 1.04 bits per heavy atom. The molecule has 0 bridgehead atoms. The molecular weight excluding hydrogens is 346 g/mol. The van der Waals surface area contributed by atoms with E-state index in [-0.39, 0.29) is 28.2 Å². The van der Waals surface area contributed by atoms with Crippen molar-refractivity contribution < 1.29 is 19.4 Å². The maximum atomic E-state index is 12.6. The fourth-order valence-electron chi connectivity index (χ4n) is 2.98. The van der Waals surface area contributed by atoms with E-state index in [0.717, 1.165) is 19.2 Å². The molecule has 142 valence electrons. The fourth-order valence-corrected chi connectivity index (χ4v) is 2.98. The Labute approximate surface area is 157 Å². The Hall–Kier alpha value is -2.99. The van der Waals surface area contributed by atoms with Crippen LogP contribution in [0.5, 0.6) is 17.2 Å². The number of nitrogens with zero attached hydrogens (tertiary/aromatic N) is 1. The van der Waals surface area contributed by atoms with E-state index in [0.29, 0.717) is 24.5 Å². The molecule has 0 radical (unpaired) electrons. The molecule has 27 heavy (non-hydrogen) atoms. The number of phenolic OH excluding ortho intramolecular Hbond substituents is 2. The van der Waals surface area contributed by atoms with E-state index in [2.05, 4.69) is 18.7 Å². The van der Waals surface area contributed by atoms with Crippen LogP contribution in [0, 0.1) is 0 Å². The topological polar surface area (TPSA) is 83.1 Å². The summed E-state index contributed by atoms with van der Waals surface area (Å²) in [6, 6.07) is 11.6.